The first-order chi connectivity index (χ1) is 6.90. The Kier molecular flexibility index (Phi) is 3.05. The molecule has 0 radical (unpaired) electrons. The number of rotatable bonds is 2. The van der Waals surface area contributed by atoms with Gasteiger partial charge in [-0.25, -0.2) is 10.8 Å². The second-order valence-corrected chi connectivity index (χ2v) is 4.23. The first-order valence-electron chi connectivity index (χ1n) is 4.51. The average molecular weight is 211 g/mol. The number of nitrogens with zero attached hydrogens (tertiary/aromatic N) is 3. The summed E-state index contributed by atoms with van der Waals surface area (Å²) in [7, 11) is 0. The summed E-state index contributed by atoms with van der Waals surface area (Å²) in [5, 5.41) is 0. The minimum Gasteiger partial charge on any atom is -0.354 e. The quantitative estimate of drug-likeness (QED) is 0.542. The summed E-state index contributed by atoms with van der Waals surface area (Å²) in [5.74, 6) is 9.10. The molecule has 0 aromatic carbocycles. The van der Waals surface area contributed by atoms with Crippen molar-refractivity contribution in [3.8, 4) is 0 Å². The van der Waals surface area contributed by atoms with Crippen LogP contribution in [-0.4, -0.2) is 34.6 Å². The molecule has 0 amide bonds. The Morgan fingerprint density at radius 1 is 1.36 bits per heavy atom. The van der Waals surface area contributed by atoms with Gasteiger partial charge in [0.2, 0.25) is 0 Å². The highest BCUT2D eigenvalue weighted by molar-refractivity contribution is 7.99. The van der Waals surface area contributed by atoms with Gasteiger partial charge in [0, 0.05) is 24.6 Å². The number of thioether (sulfide) groups is 1. The minimum atomic E-state index is 0.612. The Balaban J connectivity index is 2.13. The van der Waals surface area contributed by atoms with Gasteiger partial charge >= 0.3 is 0 Å². The fourth-order valence-corrected chi connectivity index (χ4v) is 2.27. The maximum absolute atomic E-state index is 5.27. The molecule has 0 bridgehead atoms. The van der Waals surface area contributed by atoms with Gasteiger partial charge in [-0.05, 0) is 0 Å². The van der Waals surface area contributed by atoms with E-state index in [0.717, 1.165) is 30.4 Å². The van der Waals surface area contributed by atoms with E-state index in [4.69, 9.17) is 5.84 Å². The van der Waals surface area contributed by atoms with Crippen molar-refractivity contribution in [2.24, 2.45) is 5.84 Å². The van der Waals surface area contributed by atoms with E-state index in [1.807, 2.05) is 11.8 Å². The van der Waals surface area contributed by atoms with Gasteiger partial charge in [-0.3, -0.25) is 4.98 Å². The number of aromatic nitrogens is 2. The number of nitrogens with two attached hydrogens (primary N) is 1. The van der Waals surface area contributed by atoms with E-state index in [1.165, 1.54) is 0 Å². The summed E-state index contributed by atoms with van der Waals surface area (Å²) in [6, 6.07) is 0. The molecule has 1 aliphatic heterocycles. The van der Waals surface area contributed by atoms with Crippen molar-refractivity contribution in [3.05, 3.63) is 12.4 Å². The Morgan fingerprint density at radius 2 is 2.14 bits per heavy atom. The van der Waals surface area contributed by atoms with Gasteiger partial charge in [-0.2, -0.15) is 11.8 Å². The summed E-state index contributed by atoms with van der Waals surface area (Å²) in [4.78, 5) is 10.6. The maximum Gasteiger partial charge on any atom is 0.160 e. The highest BCUT2D eigenvalue weighted by atomic mass is 32.2. The lowest BCUT2D eigenvalue weighted by atomic mass is 10.4. The number of hydrazine groups is 1. The first kappa shape index (κ1) is 9.54. The van der Waals surface area contributed by atoms with Crippen molar-refractivity contribution in [2.45, 2.75) is 0 Å². The van der Waals surface area contributed by atoms with Crippen LogP contribution < -0.4 is 16.2 Å². The molecule has 0 saturated carbocycles. The van der Waals surface area contributed by atoms with Gasteiger partial charge in [0.05, 0.1) is 12.4 Å². The molecule has 0 unspecified atom stereocenters. The Bertz CT molecular complexity index is 300. The van der Waals surface area contributed by atoms with E-state index < -0.39 is 0 Å². The number of hydrogen-bond acceptors (Lipinski definition) is 6. The Morgan fingerprint density at radius 3 is 2.86 bits per heavy atom. The van der Waals surface area contributed by atoms with Crippen LogP contribution in [0.4, 0.5) is 11.6 Å². The fourth-order valence-electron chi connectivity index (χ4n) is 1.37. The zero-order valence-corrected chi connectivity index (χ0v) is 8.63. The summed E-state index contributed by atoms with van der Waals surface area (Å²) < 4.78 is 0. The number of nitrogens with one attached hydrogen (secondary N) is 1. The highest BCUT2D eigenvalue weighted by Gasteiger charge is 2.12. The van der Waals surface area contributed by atoms with Crippen molar-refractivity contribution < 1.29 is 0 Å². The van der Waals surface area contributed by atoms with Gasteiger partial charge in [0.1, 0.15) is 5.82 Å². The largest absolute Gasteiger partial charge is 0.354 e. The van der Waals surface area contributed by atoms with Gasteiger partial charge in [0.15, 0.2) is 5.82 Å². The first-order valence-corrected chi connectivity index (χ1v) is 5.67. The maximum atomic E-state index is 5.27. The van der Waals surface area contributed by atoms with Crippen LogP contribution in [-0.2, 0) is 0 Å². The summed E-state index contributed by atoms with van der Waals surface area (Å²) in [6.45, 7) is 2.07. The predicted molar refractivity (Wildman–Crippen MR) is 59.4 cm³/mol. The molecule has 1 fully saturated rings. The van der Waals surface area contributed by atoms with E-state index in [0.29, 0.717) is 5.82 Å². The van der Waals surface area contributed by atoms with Crippen molar-refractivity contribution in [2.75, 3.05) is 34.9 Å². The molecule has 6 heteroatoms. The third-order valence-corrected chi connectivity index (χ3v) is 3.05. The second kappa shape index (κ2) is 4.47. The SMILES string of the molecule is NNc1cncc(N2CCSCC2)n1. The number of nitrogen functional groups attached to an aromatic ring is 1. The summed E-state index contributed by atoms with van der Waals surface area (Å²) in [6.07, 6.45) is 3.39. The van der Waals surface area contributed by atoms with Crippen molar-refractivity contribution in [3.63, 3.8) is 0 Å². The van der Waals surface area contributed by atoms with Gasteiger partial charge in [-0.15, -0.1) is 0 Å². The van der Waals surface area contributed by atoms with Gasteiger partial charge in [0.25, 0.3) is 0 Å². The zero-order chi connectivity index (χ0) is 9.80. The average Bonchev–Trinajstić information content (AvgIpc) is 2.30. The molecule has 76 valence electrons. The van der Waals surface area contributed by atoms with Crippen LogP contribution >= 0.6 is 11.8 Å². The lowest BCUT2D eigenvalue weighted by Crippen LogP contribution is -2.33. The molecule has 2 heterocycles. The summed E-state index contributed by atoms with van der Waals surface area (Å²) >= 11 is 1.97. The topological polar surface area (TPSA) is 67.1 Å². The standard InChI is InChI=1S/C8H13N5S/c9-12-7-5-10-6-8(11-7)13-1-3-14-4-2-13/h5-6H,1-4,9H2,(H,11,12). The van der Waals surface area contributed by atoms with Crippen molar-refractivity contribution in [1.82, 2.24) is 9.97 Å². The molecular weight excluding hydrogens is 198 g/mol. The Hall–Kier alpha value is -1.01. The third kappa shape index (κ3) is 2.08. The van der Waals surface area contributed by atoms with Crippen LogP contribution in [0.15, 0.2) is 12.4 Å². The molecular formula is C8H13N5S. The molecule has 2 rings (SSSR count). The normalized spacial score (nSPS) is 16.8. The lowest BCUT2D eigenvalue weighted by Gasteiger charge is -2.27. The number of anilines is 2. The molecule has 1 aromatic heterocycles. The third-order valence-electron chi connectivity index (χ3n) is 2.10. The van der Waals surface area contributed by atoms with Crippen molar-refractivity contribution in [1.29, 1.82) is 0 Å². The second-order valence-electron chi connectivity index (χ2n) is 3.01. The number of hydrogen-bond donors (Lipinski definition) is 2. The van der Waals surface area contributed by atoms with Crippen LogP contribution in [0.25, 0.3) is 0 Å². The molecule has 0 spiro atoms. The van der Waals surface area contributed by atoms with Crippen LogP contribution in [0.2, 0.25) is 0 Å². The fraction of sp³-hybridized carbons (Fsp3) is 0.500. The van der Waals surface area contributed by atoms with Crippen LogP contribution in [0.1, 0.15) is 0 Å². The van der Waals surface area contributed by atoms with E-state index in [2.05, 4.69) is 20.3 Å². The van der Waals surface area contributed by atoms with Crippen LogP contribution in [0, 0.1) is 0 Å². The molecule has 14 heavy (non-hydrogen) atoms. The lowest BCUT2D eigenvalue weighted by molar-refractivity contribution is 0.834. The molecule has 0 aliphatic carbocycles. The molecule has 1 aromatic rings. The monoisotopic (exact) mass is 211 g/mol. The van der Waals surface area contributed by atoms with E-state index in [-0.39, 0.29) is 0 Å². The summed E-state index contributed by atoms with van der Waals surface area (Å²) in [5.41, 5.74) is 2.50. The molecule has 1 saturated heterocycles. The van der Waals surface area contributed by atoms with Gasteiger partial charge in [-0.1, -0.05) is 0 Å². The van der Waals surface area contributed by atoms with Gasteiger partial charge < -0.3 is 10.3 Å². The van der Waals surface area contributed by atoms with Crippen LogP contribution in [0.5, 0.6) is 0 Å². The molecule has 1 aliphatic rings. The van der Waals surface area contributed by atoms with E-state index in [9.17, 15) is 0 Å². The molecule has 3 N–H and O–H groups in total. The van der Waals surface area contributed by atoms with Crippen LogP contribution in [0.3, 0.4) is 0 Å². The molecule has 5 nitrogen and oxygen atoms in total. The van der Waals surface area contributed by atoms with Crippen molar-refractivity contribution >= 4 is 23.4 Å². The van der Waals surface area contributed by atoms with E-state index >= 15 is 0 Å². The smallest absolute Gasteiger partial charge is 0.160 e. The zero-order valence-electron chi connectivity index (χ0n) is 7.81. The predicted octanol–water partition coefficient (Wildman–Crippen LogP) is 0.315. The highest BCUT2D eigenvalue weighted by Crippen LogP contribution is 2.17. The molecule has 0 atom stereocenters. The minimum absolute atomic E-state index is 0.612. The Labute approximate surface area is 87.1 Å². The van der Waals surface area contributed by atoms with E-state index in [1.54, 1.807) is 12.4 Å².